The monoisotopic (exact) mass is 352 g/mol. The van der Waals surface area contributed by atoms with Crippen LogP contribution in [0.25, 0.3) is 10.8 Å². The number of hydrogen-bond donors (Lipinski definition) is 1. The molecule has 0 bridgehead atoms. The fourth-order valence-corrected chi connectivity index (χ4v) is 3.43. The third-order valence-electron chi connectivity index (χ3n) is 3.81. The van der Waals surface area contributed by atoms with Gasteiger partial charge in [-0.15, -0.1) is 21.5 Å². The lowest BCUT2D eigenvalue weighted by molar-refractivity contribution is -0.121. The summed E-state index contributed by atoms with van der Waals surface area (Å²) >= 11 is 1.51. The predicted molar refractivity (Wildman–Crippen MR) is 94.7 cm³/mol. The Balaban J connectivity index is 1.43. The Hall–Kier alpha value is -3.00. The number of rotatable bonds is 5. The molecule has 126 valence electrons. The largest absolute Gasteiger partial charge is 0.346 e. The maximum Gasteiger partial charge on any atom is 0.226 e. The van der Waals surface area contributed by atoms with Crippen molar-refractivity contribution in [2.75, 3.05) is 0 Å². The Labute approximate surface area is 148 Å². The van der Waals surface area contributed by atoms with Gasteiger partial charge in [0.2, 0.25) is 5.91 Å². The fourth-order valence-electron chi connectivity index (χ4n) is 2.63. The van der Waals surface area contributed by atoms with Crippen molar-refractivity contribution < 1.29 is 4.79 Å². The quantitative estimate of drug-likeness (QED) is 0.598. The molecule has 0 aromatic carbocycles. The first kappa shape index (κ1) is 15.5. The Kier molecular flexibility index (Phi) is 4.02. The molecule has 0 radical (unpaired) electrons. The topological polar surface area (TPSA) is 77.1 Å². The molecule has 0 saturated carbocycles. The van der Waals surface area contributed by atoms with Crippen LogP contribution in [-0.2, 0) is 11.2 Å². The van der Waals surface area contributed by atoms with Gasteiger partial charge in [-0.05, 0) is 31.2 Å². The molecule has 4 aromatic heterocycles. The first-order valence-corrected chi connectivity index (χ1v) is 8.75. The fraction of sp³-hybridized carbons (Fsp3) is 0.176. The Bertz CT molecular complexity index is 1000. The molecular weight excluding hydrogens is 336 g/mol. The van der Waals surface area contributed by atoms with E-state index >= 15 is 0 Å². The molecule has 8 heteroatoms. The van der Waals surface area contributed by atoms with E-state index in [1.54, 1.807) is 0 Å². The second-order valence-electron chi connectivity index (χ2n) is 5.66. The minimum atomic E-state index is -0.243. The standard InChI is InChI=1S/C17H16N6OS/c1-12(16-21-20-14-6-2-3-9-23(14)16)18-15(24)10-13-11-25-17(19-13)22-7-4-5-8-22/h2-9,11-12H,10H2,1H3,(H,18,24)/t12-/m1/s1. The number of nitrogens with one attached hydrogen (secondary N) is 1. The zero-order valence-electron chi connectivity index (χ0n) is 13.5. The first-order chi connectivity index (χ1) is 12.2. The second kappa shape index (κ2) is 6.48. The van der Waals surface area contributed by atoms with Crippen LogP contribution < -0.4 is 5.32 Å². The molecule has 0 spiro atoms. The molecule has 1 amide bonds. The van der Waals surface area contributed by atoms with Gasteiger partial charge in [0.15, 0.2) is 16.6 Å². The molecular formula is C17H16N6OS. The smallest absolute Gasteiger partial charge is 0.226 e. The summed E-state index contributed by atoms with van der Waals surface area (Å²) in [5, 5.41) is 14.0. The van der Waals surface area contributed by atoms with Gasteiger partial charge < -0.3 is 9.88 Å². The summed E-state index contributed by atoms with van der Waals surface area (Å²) in [5.74, 6) is 0.611. The molecule has 0 aliphatic carbocycles. The Morgan fingerprint density at radius 3 is 2.84 bits per heavy atom. The van der Waals surface area contributed by atoms with Crippen molar-refractivity contribution in [3.63, 3.8) is 0 Å². The van der Waals surface area contributed by atoms with Gasteiger partial charge in [0.1, 0.15) is 0 Å². The molecule has 1 N–H and O–H groups in total. The molecule has 7 nitrogen and oxygen atoms in total. The second-order valence-corrected chi connectivity index (χ2v) is 6.50. The van der Waals surface area contributed by atoms with Crippen molar-refractivity contribution in [3.05, 3.63) is 65.8 Å². The molecule has 0 unspecified atom stereocenters. The number of fused-ring (bicyclic) bond motifs is 1. The van der Waals surface area contributed by atoms with Crippen molar-refractivity contribution >= 4 is 22.9 Å². The van der Waals surface area contributed by atoms with Crippen molar-refractivity contribution in [2.24, 2.45) is 0 Å². The number of carbonyl (C=O) groups excluding carboxylic acids is 1. The number of amides is 1. The van der Waals surface area contributed by atoms with Gasteiger partial charge in [-0.3, -0.25) is 9.20 Å². The van der Waals surface area contributed by atoms with E-state index in [1.165, 1.54) is 11.3 Å². The van der Waals surface area contributed by atoms with Crippen LogP contribution in [0.5, 0.6) is 0 Å². The van der Waals surface area contributed by atoms with Crippen LogP contribution in [-0.4, -0.2) is 30.1 Å². The lowest BCUT2D eigenvalue weighted by Gasteiger charge is -2.11. The molecule has 25 heavy (non-hydrogen) atoms. The van der Waals surface area contributed by atoms with Gasteiger partial charge >= 0.3 is 0 Å². The van der Waals surface area contributed by atoms with Crippen LogP contribution in [0.15, 0.2) is 54.3 Å². The average Bonchev–Trinajstić information content (AvgIpc) is 3.34. The van der Waals surface area contributed by atoms with Crippen LogP contribution in [0.3, 0.4) is 0 Å². The number of aromatic nitrogens is 5. The van der Waals surface area contributed by atoms with Gasteiger partial charge in [0.05, 0.1) is 18.2 Å². The number of thiazole rings is 1. The van der Waals surface area contributed by atoms with Gasteiger partial charge in [-0.25, -0.2) is 4.98 Å². The summed E-state index contributed by atoms with van der Waals surface area (Å²) in [6.45, 7) is 1.90. The van der Waals surface area contributed by atoms with Crippen LogP contribution in [0.4, 0.5) is 0 Å². The number of carbonyl (C=O) groups is 1. The van der Waals surface area contributed by atoms with Crippen LogP contribution >= 0.6 is 11.3 Å². The summed E-state index contributed by atoms with van der Waals surface area (Å²) in [7, 11) is 0. The molecule has 0 aliphatic rings. The van der Waals surface area contributed by atoms with E-state index in [4.69, 9.17) is 0 Å². The van der Waals surface area contributed by atoms with E-state index < -0.39 is 0 Å². The molecule has 4 aromatic rings. The molecule has 1 atom stereocenters. The zero-order chi connectivity index (χ0) is 17.2. The summed E-state index contributed by atoms with van der Waals surface area (Å²) < 4.78 is 3.80. The third-order valence-corrected chi connectivity index (χ3v) is 4.71. The maximum atomic E-state index is 12.3. The van der Waals surface area contributed by atoms with E-state index in [1.807, 2.05) is 70.2 Å². The summed E-state index contributed by atoms with van der Waals surface area (Å²) in [6.07, 6.45) is 5.98. The van der Waals surface area contributed by atoms with Crippen LogP contribution in [0.2, 0.25) is 0 Å². The van der Waals surface area contributed by atoms with Gasteiger partial charge in [0, 0.05) is 24.0 Å². The Morgan fingerprint density at radius 1 is 1.20 bits per heavy atom. The SMILES string of the molecule is C[C@@H](NC(=O)Cc1csc(-n2cccc2)n1)c1nnc2ccccn12. The summed E-state index contributed by atoms with van der Waals surface area (Å²) in [4.78, 5) is 16.8. The summed E-state index contributed by atoms with van der Waals surface area (Å²) in [5.41, 5.74) is 1.51. The van der Waals surface area contributed by atoms with E-state index in [0.29, 0.717) is 5.82 Å². The van der Waals surface area contributed by atoms with Gasteiger partial charge in [-0.2, -0.15) is 0 Å². The maximum absolute atomic E-state index is 12.3. The van der Waals surface area contributed by atoms with E-state index in [0.717, 1.165) is 16.5 Å². The minimum absolute atomic E-state index is 0.0930. The highest BCUT2D eigenvalue weighted by Gasteiger charge is 2.16. The normalized spacial score (nSPS) is 12.4. The number of pyridine rings is 1. The third kappa shape index (κ3) is 3.16. The number of hydrogen-bond acceptors (Lipinski definition) is 5. The molecule has 4 rings (SSSR count). The highest BCUT2D eigenvalue weighted by atomic mass is 32.1. The van der Waals surface area contributed by atoms with Crippen molar-refractivity contribution in [1.82, 2.24) is 29.5 Å². The van der Waals surface area contributed by atoms with Crippen molar-refractivity contribution in [2.45, 2.75) is 19.4 Å². The molecule has 0 aliphatic heterocycles. The van der Waals surface area contributed by atoms with Crippen molar-refractivity contribution in [1.29, 1.82) is 0 Å². The highest BCUT2D eigenvalue weighted by molar-refractivity contribution is 7.12. The van der Waals surface area contributed by atoms with Crippen LogP contribution in [0, 0.1) is 0 Å². The Morgan fingerprint density at radius 2 is 2.00 bits per heavy atom. The summed E-state index contributed by atoms with van der Waals surface area (Å²) in [6, 6.07) is 9.33. The molecule has 0 saturated heterocycles. The minimum Gasteiger partial charge on any atom is -0.346 e. The molecule has 0 fully saturated rings. The van der Waals surface area contributed by atoms with Gasteiger partial charge in [0.25, 0.3) is 0 Å². The lowest BCUT2D eigenvalue weighted by Crippen LogP contribution is -2.29. The van der Waals surface area contributed by atoms with E-state index in [2.05, 4.69) is 20.5 Å². The predicted octanol–water partition coefficient (Wildman–Crippen LogP) is 2.40. The lowest BCUT2D eigenvalue weighted by atomic mass is 10.2. The first-order valence-electron chi connectivity index (χ1n) is 7.87. The zero-order valence-corrected chi connectivity index (χ0v) is 14.3. The number of nitrogens with zero attached hydrogens (tertiary/aromatic N) is 5. The van der Waals surface area contributed by atoms with Crippen LogP contribution in [0.1, 0.15) is 24.5 Å². The van der Waals surface area contributed by atoms with Crippen molar-refractivity contribution in [3.8, 4) is 5.13 Å². The molecule has 4 heterocycles. The van der Waals surface area contributed by atoms with E-state index in [-0.39, 0.29) is 18.4 Å². The van der Waals surface area contributed by atoms with E-state index in [9.17, 15) is 4.79 Å². The van der Waals surface area contributed by atoms with Gasteiger partial charge in [-0.1, -0.05) is 6.07 Å². The average molecular weight is 352 g/mol. The highest BCUT2D eigenvalue weighted by Crippen LogP contribution is 2.16.